The lowest BCUT2D eigenvalue weighted by molar-refractivity contribution is 0.251. The van der Waals surface area contributed by atoms with E-state index in [1.54, 1.807) is 0 Å². The fourth-order valence-electron chi connectivity index (χ4n) is 2.09. The lowest BCUT2D eigenvalue weighted by Crippen LogP contribution is -2.30. The van der Waals surface area contributed by atoms with Gasteiger partial charge in [-0.05, 0) is 62.4 Å². The number of carbonyl (C=O) groups is 1. The van der Waals surface area contributed by atoms with Gasteiger partial charge in [0.25, 0.3) is 0 Å². The molecule has 0 saturated heterocycles. The summed E-state index contributed by atoms with van der Waals surface area (Å²) in [5, 5.41) is 9.30. The Labute approximate surface area is 131 Å². The van der Waals surface area contributed by atoms with E-state index in [2.05, 4.69) is 41.3 Å². The van der Waals surface area contributed by atoms with Gasteiger partial charge in [0, 0.05) is 17.8 Å². The van der Waals surface area contributed by atoms with E-state index in [0.717, 1.165) is 25.1 Å². The number of amides is 2. The molecule has 1 unspecified atom stereocenters. The van der Waals surface area contributed by atoms with Crippen molar-refractivity contribution in [2.24, 2.45) is 0 Å². The van der Waals surface area contributed by atoms with Crippen molar-refractivity contribution in [3.63, 3.8) is 0 Å². The molecule has 2 rings (SSSR count). The van der Waals surface area contributed by atoms with Crippen LogP contribution >= 0.6 is 11.8 Å². The molecule has 0 spiro atoms. The molecule has 0 radical (unpaired) electrons. The number of hydrogen-bond acceptors (Lipinski definition) is 3. The quantitative estimate of drug-likeness (QED) is 0.645. The molecule has 21 heavy (non-hydrogen) atoms. The maximum atomic E-state index is 11.6. The minimum absolute atomic E-state index is 0.103. The van der Waals surface area contributed by atoms with E-state index < -0.39 is 0 Å². The molecule has 1 aromatic carbocycles. The molecule has 1 atom stereocenters. The lowest BCUT2D eigenvalue weighted by Gasteiger charge is -2.15. The average Bonchev–Trinajstić information content (AvgIpc) is 3.28. The van der Waals surface area contributed by atoms with Gasteiger partial charge in [-0.3, -0.25) is 0 Å². The summed E-state index contributed by atoms with van der Waals surface area (Å²) in [6, 6.07) is 8.67. The number of hydrogen-bond donors (Lipinski definition) is 3. The number of thioether (sulfide) groups is 1. The van der Waals surface area contributed by atoms with Gasteiger partial charge in [-0.1, -0.05) is 12.1 Å². The number of benzene rings is 1. The molecule has 116 valence electrons. The van der Waals surface area contributed by atoms with Crippen LogP contribution in [0.2, 0.25) is 0 Å². The van der Waals surface area contributed by atoms with Crippen LogP contribution in [0.4, 0.5) is 10.5 Å². The molecule has 1 aliphatic rings. The van der Waals surface area contributed by atoms with Crippen molar-refractivity contribution in [1.82, 2.24) is 10.6 Å². The number of urea groups is 1. The summed E-state index contributed by atoms with van der Waals surface area (Å²) >= 11 is 1.88. The summed E-state index contributed by atoms with van der Waals surface area (Å²) < 4.78 is 0. The highest BCUT2D eigenvalue weighted by Gasteiger charge is 2.23. The predicted octanol–water partition coefficient (Wildman–Crippen LogP) is 3.37. The van der Waals surface area contributed by atoms with E-state index in [-0.39, 0.29) is 6.03 Å². The molecule has 0 heterocycles. The number of carbonyl (C=O) groups excluding carboxylic acids is 1. The van der Waals surface area contributed by atoms with E-state index in [1.165, 1.54) is 17.7 Å². The lowest BCUT2D eigenvalue weighted by atomic mass is 10.1. The van der Waals surface area contributed by atoms with Gasteiger partial charge in [-0.15, -0.1) is 0 Å². The molecule has 0 aromatic heterocycles. The first kappa shape index (κ1) is 16.2. The summed E-state index contributed by atoms with van der Waals surface area (Å²) in [5.74, 6) is 1.19. The summed E-state index contributed by atoms with van der Waals surface area (Å²) in [6.45, 7) is 3.20. The Balaban J connectivity index is 1.75. The summed E-state index contributed by atoms with van der Waals surface area (Å²) in [7, 11) is 0. The van der Waals surface area contributed by atoms with Gasteiger partial charge in [0.05, 0.1) is 0 Å². The first-order chi connectivity index (χ1) is 10.2. The molecule has 3 N–H and O–H groups in total. The van der Waals surface area contributed by atoms with Gasteiger partial charge in [-0.25, -0.2) is 4.79 Å². The highest BCUT2D eigenvalue weighted by atomic mass is 32.2. The smallest absolute Gasteiger partial charge is 0.319 e. The second-order valence-electron chi connectivity index (χ2n) is 5.52. The third kappa shape index (κ3) is 5.98. The number of anilines is 1. The molecular formula is C16H25N3OS. The van der Waals surface area contributed by atoms with Crippen LogP contribution in [0, 0.1) is 0 Å². The molecule has 2 amide bonds. The molecule has 0 bridgehead atoms. The minimum atomic E-state index is -0.103. The van der Waals surface area contributed by atoms with Crippen molar-refractivity contribution in [3.05, 3.63) is 29.8 Å². The van der Waals surface area contributed by atoms with Crippen molar-refractivity contribution in [3.8, 4) is 0 Å². The highest BCUT2D eigenvalue weighted by molar-refractivity contribution is 7.98. The Morgan fingerprint density at radius 3 is 2.67 bits per heavy atom. The van der Waals surface area contributed by atoms with Crippen molar-refractivity contribution >= 4 is 23.5 Å². The van der Waals surface area contributed by atoms with Crippen LogP contribution < -0.4 is 16.0 Å². The van der Waals surface area contributed by atoms with Gasteiger partial charge in [0.2, 0.25) is 0 Å². The number of rotatable bonds is 8. The van der Waals surface area contributed by atoms with Gasteiger partial charge in [0.1, 0.15) is 0 Å². The van der Waals surface area contributed by atoms with Crippen molar-refractivity contribution in [2.75, 3.05) is 23.9 Å². The van der Waals surface area contributed by atoms with Crippen molar-refractivity contribution < 1.29 is 4.79 Å². The Morgan fingerprint density at radius 1 is 1.33 bits per heavy atom. The topological polar surface area (TPSA) is 53.2 Å². The first-order valence-electron chi connectivity index (χ1n) is 7.59. The first-order valence-corrected chi connectivity index (χ1v) is 8.98. The van der Waals surface area contributed by atoms with Crippen LogP contribution in [0.5, 0.6) is 0 Å². The monoisotopic (exact) mass is 307 g/mol. The number of nitrogens with one attached hydrogen (secondary N) is 3. The van der Waals surface area contributed by atoms with Crippen molar-refractivity contribution in [2.45, 2.75) is 38.3 Å². The van der Waals surface area contributed by atoms with Crippen LogP contribution in [0.1, 0.15) is 37.8 Å². The standard InChI is InChI=1S/C16H25N3OS/c1-12(17-10-3-11-21-2)13-4-6-14(7-5-13)18-16(20)19-15-8-9-15/h4-7,12,15,17H,3,8-11H2,1-2H3,(H2,18,19,20). The average molecular weight is 307 g/mol. The molecule has 1 aromatic rings. The molecular weight excluding hydrogens is 282 g/mol. The van der Waals surface area contributed by atoms with E-state index in [9.17, 15) is 4.79 Å². The molecule has 5 heteroatoms. The maximum absolute atomic E-state index is 11.6. The summed E-state index contributed by atoms with van der Waals surface area (Å²) in [5.41, 5.74) is 2.08. The Morgan fingerprint density at radius 2 is 2.05 bits per heavy atom. The van der Waals surface area contributed by atoms with Crippen LogP contribution in [0.3, 0.4) is 0 Å². The SMILES string of the molecule is CSCCCNC(C)c1ccc(NC(=O)NC2CC2)cc1. The van der Waals surface area contributed by atoms with E-state index >= 15 is 0 Å². The minimum Gasteiger partial charge on any atom is -0.335 e. The molecule has 0 aliphatic heterocycles. The summed E-state index contributed by atoms with van der Waals surface area (Å²) in [4.78, 5) is 11.6. The van der Waals surface area contributed by atoms with E-state index in [4.69, 9.17) is 0 Å². The van der Waals surface area contributed by atoms with Gasteiger partial charge in [0.15, 0.2) is 0 Å². The van der Waals surface area contributed by atoms with Crippen LogP contribution in [0.15, 0.2) is 24.3 Å². The Hall–Kier alpha value is -1.20. The van der Waals surface area contributed by atoms with E-state index in [0.29, 0.717) is 12.1 Å². The molecule has 1 fully saturated rings. The van der Waals surface area contributed by atoms with Gasteiger partial charge in [-0.2, -0.15) is 11.8 Å². The Kier molecular flexibility index (Phi) is 6.39. The second-order valence-corrected chi connectivity index (χ2v) is 6.50. The van der Waals surface area contributed by atoms with Crippen LogP contribution in [-0.4, -0.2) is 30.6 Å². The maximum Gasteiger partial charge on any atom is 0.319 e. The molecule has 1 saturated carbocycles. The molecule has 1 aliphatic carbocycles. The predicted molar refractivity (Wildman–Crippen MR) is 91.0 cm³/mol. The zero-order chi connectivity index (χ0) is 15.1. The highest BCUT2D eigenvalue weighted by Crippen LogP contribution is 2.19. The second kappa shape index (κ2) is 8.29. The zero-order valence-electron chi connectivity index (χ0n) is 12.8. The summed E-state index contributed by atoms with van der Waals surface area (Å²) in [6.07, 6.45) is 5.53. The zero-order valence-corrected chi connectivity index (χ0v) is 13.6. The van der Waals surface area contributed by atoms with Crippen molar-refractivity contribution in [1.29, 1.82) is 0 Å². The normalized spacial score (nSPS) is 15.5. The van der Waals surface area contributed by atoms with Crippen LogP contribution in [-0.2, 0) is 0 Å². The van der Waals surface area contributed by atoms with Crippen LogP contribution in [0.25, 0.3) is 0 Å². The van der Waals surface area contributed by atoms with E-state index in [1.807, 2.05) is 23.9 Å². The Bertz CT molecular complexity index is 445. The largest absolute Gasteiger partial charge is 0.335 e. The fourth-order valence-corrected chi connectivity index (χ4v) is 2.52. The third-order valence-corrected chi connectivity index (χ3v) is 4.25. The molecule has 4 nitrogen and oxygen atoms in total. The van der Waals surface area contributed by atoms with Gasteiger partial charge < -0.3 is 16.0 Å². The fraction of sp³-hybridized carbons (Fsp3) is 0.562. The third-order valence-electron chi connectivity index (χ3n) is 3.56. The van der Waals surface area contributed by atoms with Gasteiger partial charge >= 0.3 is 6.03 Å².